The lowest BCUT2D eigenvalue weighted by Crippen LogP contribution is -2.32. The summed E-state index contributed by atoms with van der Waals surface area (Å²) in [6.45, 7) is 1.78. The normalized spacial score (nSPS) is 14.0. The summed E-state index contributed by atoms with van der Waals surface area (Å²) in [6, 6.07) is 6.56. The van der Waals surface area contributed by atoms with Crippen LogP contribution >= 0.6 is 11.6 Å². The molecule has 0 bridgehead atoms. The summed E-state index contributed by atoms with van der Waals surface area (Å²) in [4.78, 5) is 39.0. The highest BCUT2D eigenvalue weighted by Crippen LogP contribution is 2.31. The average Bonchev–Trinajstić information content (AvgIpc) is 3.04. The number of aromatic nitrogens is 2. The van der Waals surface area contributed by atoms with Crippen molar-refractivity contribution in [2.75, 3.05) is 23.3 Å². The van der Waals surface area contributed by atoms with Crippen LogP contribution in [-0.2, 0) is 11.3 Å². The van der Waals surface area contributed by atoms with Gasteiger partial charge in [-0.05, 0) is 31.0 Å². The van der Waals surface area contributed by atoms with E-state index < -0.39 is 11.2 Å². The van der Waals surface area contributed by atoms with Crippen molar-refractivity contribution in [3.63, 3.8) is 0 Å². The van der Waals surface area contributed by atoms with Gasteiger partial charge in [0, 0.05) is 31.0 Å². The minimum absolute atomic E-state index is 0.193. The van der Waals surface area contributed by atoms with Crippen molar-refractivity contribution in [1.82, 2.24) is 9.55 Å². The van der Waals surface area contributed by atoms with Crippen LogP contribution in [0.5, 0.6) is 0 Å². The summed E-state index contributed by atoms with van der Waals surface area (Å²) >= 11 is 6.31. The van der Waals surface area contributed by atoms with Crippen molar-refractivity contribution in [1.29, 1.82) is 0 Å². The van der Waals surface area contributed by atoms with E-state index in [0.717, 1.165) is 36.2 Å². The van der Waals surface area contributed by atoms with Crippen molar-refractivity contribution in [2.45, 2.75) is 19.4 Å². The molecule has 7 nitrogen and oxygen atoms in total. The molecule has 0 atom stereocenters. The van der Waals surface area contributed by atoms with Crippen LogP contribution in [0.25, 0.3) is 0 Å². The Hall–Kier alpha value is -2.54. The molecule has 126 valence electrons. The fraction of sp³-hybridized carbons (Fsp3) is 0.312. The summed E-state index contributed by atoms with van der Waals surface area (Å²) in [5, 5.41) is 3.28. The van der Waals surface area contributed by atoms with Crippen LogP contribution in [0.1, 0.15) is 12.8 Å². The fourth-order valence-electron chi connectivity index (χ4n) is 2.72. The van der Waals surface area contributed by atoms with E-state index >= 15 is 0 Å². The van der Waals surface area contributed by atoms with Gasteiger partial charge in [0.25, 0.3) is 5.56 Å². The first-order valence-electron chi connectivity index (χ1n) is 7.67. The van der Waals surface area contributed by atoms with Gasteiger partial charge in [-0.1, -0.05) is 11.6 Å². The molecule has 2 heterocycles. The third kappa shape index (κ3) is 3.68. The van der Waals surface area contributed by atoms with Gasteiger partial charge >= 0.3 is 5.69 Å². The van der Waals surface area contributed by atoms with Gasteiger partial charge in [-0.25, -0.2) is 4.79 Å². The number of amides is 1. The molecular weight excluding hydrogens is 332 g/mol. The predicted octanol–water partition coefficient (Wildman–Crippen LogP) is 1.43. The van der Waals surface area contributed by atoms with Crippen LogP contribution in [0.15, 0.2) is 40.1 Å². The summed E-state index contributed by atoms with van der Waals surface area (Å²) in [5.74, 6) is -0.380. The van der Waals surface area contributed by atoms with Crippen molar-refractivity contribution in [2.24, 2.45) is 0 Å². The molecule has 24 heavy (non-hydrogen) atoms. The summed E-state index contributed by atoms with van der Waals surface area (Å²) in [5.41, 5.74) is 0.399. The van der Waals surface area contributed by atoms with E-state index in [1.807, 2.05) is 6.07 Å². The molecule has 8 heteroatoms. The van der Waals surface area contributed by atoms with Crippen LogP contribution in [-0.4, -0.2) is 28.5 Å². The third-order valence-corrected chi connectivity index (χ3v) is 4.19. The Morgan fingerprint density at radius 3 is 2.62 bits per heavy atom. The molecule has 0 unspecified atom stereocenters. The smallest absolute Gasteiger partial charge is 0.328 e. The van der Waals surface area contributed by atoms with Crippen molar-refractivity contribution in [3.05, 3.63) is 56.3 Å². The number of carbonyl (C=O) groups is 1. The van der Waals surface area contributed by atoms with E-state index in [1.54, 1.807) is 12.1 Å². The highest BCUT2D eigenvalue weighted by Gasteiger charge is 2.15. The SMILES string of the molecule is O=C(Cn1ccc(=O)[nH]c1=O)Nc1ccc(N2CCCC2)c(Cl)c1. The first-order valence-corrected chi connectivity index (χ1v) is 8.05. The van der Waals surface area contributed by atoms with Gasteiger partial charge < -0.3 is 10.2 Å². The maximum Gasteiger partial charge on any atom is 0.328 e. The number of benzene rings is 1. The lowest BCUT2D eigenvalue weighted by molar-refractivity contribution is -0.116. The molecule has 1 aliphatic rings. The molecule has 1 aromatic carbocycles. The number of hydrogen-bond acceptors (Lipinski definition) is 4. The Labute approximate surface area is 142 Å². The van der Waals surface area contributed by atoms with E-state index in [0.29, 0.717) is 10.7 Å². The second-order valence-corrected chi connectivity index (χ2v) is 6.05. The first-order chi connectivity index (χ1) is 11.5. The minimum Gasteiger partial charge on any atom is -0.370 e. The molecule has 1 saturated heterocycles. The second-order valence-electron chi connectivity index (χ2n) is 5.65. The highest BCUT2D eigenvalue weighted by molar-refractivity contribution is 6.33. The van der Waals surface area contributed by atoms with Crippen molar-refractivity contribution < 1.29 is 4.79 Å². The molecule has 1 aromatic heterocycles. The number of nitrogens with zero attached hydrogens (tertiary/aromatic N) is 2. The van der Waals surface area contributed by atoms with E-state index in [4.69, 9.17) is 11.6 Å². The minimum atomic E-state index is -0.625. The lowest BCUT2D eigenvalue weighted by Gasteiger charge is -2.19. The van der Waals surface area contributed by atoms with Crippen LogP contribution in [0.2, 0.25) is 5.02 Å². The Kier molecular flexibility index (Phi) is 4.71. The number of aromatic amines is 1. The van der Waals surface area contributed by atoms with Gasteiger partial charge in [0.1, 0.15) is 6.54 Å². The topological polar surface area (TPSA) is 87.2 Å². The number of rotatable bonds is 4. The van der Waals surface area contributed by atoms with Crippen molar-refractivity contribution >= 4 is 28.9 Å². The van der Waals surface area contributed by atoms with Crippen LogP contribution in [0.4, 0.5) is 11.4 Å². The third-order valence-electron chi connectivity index (χ3n) is 3.89. The van der Waals surface area contributed by atoms with Crippen LogP contribution < -0.4 is 21.5 Å². The summed E-state index contributed by atoms with van der Waals surface area (Å²) in [7, 11) is 0. The summed E-state index contributed by atoms with van der Waals surface area (Å²) < 4.78 is 1.12. The number of nitrogens with one attached hydrogen (secondary N) is 2. The van der Waals surface area contributed by atoms with Gasteiger partial charge in [-0.3, -0.25) is 19.1 Å². The Balaban J connectivity index is 1.69. The molecule has 2 N–H and O–H groups in total. The van der Waals surface area contributed by atoms with Gasteiger partial charge in [0.15, 0.2) is 0 Å². The average molecular weight is 349 g/mol. The Morgan fingerprint density at radius 2 is 1.96 bits per heavy atom. The molecule has 2 aromatic rings. The zero-order chi connectivity index (χ0) is 17.1. The van der Waals surface area contributed by atoms with E-state index in [1.165, 1.54) is 12.3 Å². The quantitative estimate of drug-likeness (QED) is 0.875. The van der Waals surface area contributed by atoms with Crippen LogP contribution in [0, 0.1) is 0 Å². The Morgan fingerprint density at radius 1 is 1.21 bits per heavy atom. The zero-order valence-electron chi connectivity index (χ0n) is 12.9. The van der Waals surface area contributed by atoms with E-state index in [2.05, 4.69) is 15.2 Å². The largest absolute Gasteiger partial charge is 0.370 e. The molecule has 1 aliphatic heterocycles. The molecular formula is C16H17ClN4O3. The number of hydrogen-bond donors (Lipinski definition) is 2. The first kappa shape index (κ1) is 16.3. The zero-order valence-corrected chi connectivity index (χ0v) is 13.7. The molecule has 0 spiro atoms. The number of halogens is 1. The second kappa shape index (κ2) is 6.92. The van der Waals surface area contributed by atoms with E-state index in [-0.39, 0.29) is 12.5 Å². The summed E-state index contributed by atoms with van der Waals surface area (Å²) in [6.07, 6.45) is 3.59. The maximum absolute atomic E-state index is 12.1. The highest BCUT2D eigenvalue weighted by atomic mass is 35.5. The van der Waals surface area contributed by atoms with Crippen molar-refractivity contribution in [3.8, 4) is 0 Å². The standard InChI is InChI=1S/C16H17ClN4O3/c17-12-9-11(3-4-13(12)20-6-1-2-7-20)18-15(23)10-21-8-5-14(22)19-16(21)24/h3-5,8-9H,1-2,6-7,10H2,(H,18,23)(H,19,22,24). The number of anilines is 2. The fourth-order valence-corrected chi connectivity index (χ4v) is 3.02. The molecule has 1 amide bonds. The molecule has 0 aliphatic carbocycles. The predicted molar refractivity (Wildman–Crippen MR) is 92.9 cm³/mol. The monoisotopic (exact) mass is 348 g/mol. The maximum atomic E-state index is 12.1. The van der Waals surface area contributed by atoms with Crippen LogP contribution in [0.3, 0.4) is 0 Å². The molecule has 0 radical (unpaired) electrons. The van der Waals surface area contributed by atoms with Gasteiger partial charge in [-0.15, -0.1) is 0 Å². The van der Waals surface area contributed by atoms with Gasteiger partial charge in [-0.2, -0.15) is 0 Å². The van der Waals surface area contributed by atoms with E-state index in [9.17, 15) is 14.4 Å². The molecule has 0 saturated carbocycles. The molecule has 1 fully saturated rings. The van der Waals surface area contributed by atoms with Gasteiger partial charge in [0.2, 0.25) is 5.91 Å². The number of H-pyrrole nitrogens is 1. The molecule has 3 rings (SSSR count). The lowest BCUT2D eigenvalue weighted by atomic mass is 10.2. The van der Waals surface area contributed by atoms with Gasteiger partial charge in [0.05, 0.1) is 10.7 Å². The Bertz CT molecular complexity index is 868. The number of carbonyl (C=O) groups excluding carboxylic acids is 1.